The molecule has 0 spiro atoms. The van der Waals surface area contributed by atoms with E-state index in [1.807, 2.05) is 13.8 Å². The molecular weight excluding hydrogens is 256 g/mol. The standard InChI is InChI=1S/C12H17ClN2O3/c1-7(2)15-4-8(13)3-9(15)12(18)14-5-10(16)11(17)6-14/h3-4,7,10-11,16-17H,5-6H2,1-2H3. The normalized spacial score (nSPS) is 24.0. The van der Waals surface area contributed by atoms with E-state index < -0.39 is 12.2 Å². The van der Waals surface area contributed by atoms with Gasteiger partial charge in [-0.25, -0.2) is 0 Å². The monoisotopic (exact) mass is 272 g/mol. The summed E-state index contributed by atoms with van der Waals surface area (Å²) in [5.74, 6) is -0.216. The Hall–Kier alpha value is -1.04. The molecule has 1 aromatic heterocycles. The number of carbonyl (C=O) groups excluding carboxylic acids is 1. The number of β-amino-alcohol motifs (C(OH)–C–C–N with tert-alkyl or cyclic N) is 2. The molecule has 2 unspecified atom stereocenters. The average molecular weight is 273 g/mol. The number of nitrogens with zero attached hydrogens (tertiary/aromatic N) is 2. The second-order valence-corrected chi connectivity index (χ2v) is 5.33. The third kappa shape index (κ3) is 2.39. The zero-order valence-electron chi connectivity index (χ0n) is 10.4. The Kier molecular flexibility index (Phi) is 3.66. The predicted molar refractivity (Wildman–Crippen MR) is 67.7 cm³/mol. The third-order valence-corrected chi connectivity index (χ3v) is 3.34. The van der Waals surface area contributed by atoms with Crippen LogP contribution in [0.25, 0.3) is 0 Å². The van der Waals surface area contributed by atoms with Crippen molar-refractivity contribution in [2.75, 3.05) is 13.1 Å². The molecule has 2 rings (SSSR count). The van der Waals surface area contributed by atoms with Crippen molar-refractivity contribution in [1.82, 2.24) is 9.47 Å². The Morgan fingerprint density at radius 1 is 1.39 bits per heavy atom. The highest BCUT2D eigenvalue weighted by molar-refractivity contribution is 6.31. The summed E-state index contributed by atoms with van der Waals surface area (Å²) in [4.78, 5) is 13.7. The number of rotatable bonds is 2. The van der Waals surface area contributed by atoms with E-state index >= 15 is 0 Å². The van der Waals surface area contributed by atoms with Gasteiger partial charge in [0.15, 0.2) is 0 Å². The minimum Gasteiger partial charge on any atom is -0.388 e. The van der Waals surface area contributed by atoms with Gasteiger partial charge in [0.25, 0.3) is 5.91 Å². The molecule has 100 valence electrons. The van der Waals surface area contributed by atoms with Crippen LogP contribution in [0, 0.1) is 0 Å². The first kappa shape index (κ1) is 13.4. The molecule has 1 amide bonds. The Morgan fingerprint density at radius 3 is 2.44 bits per heavy atom. The molecule has 5 nitrogen and oxygen atoms in total. The minimum atomic E-state index is -0.869. The highest BCUT2D eigenvalue weighted by atomic mass is 35.5. The Labute approximate surface area is 111 Å². The number of amides is 1. The Morgan fingerprint density at radius 2 is 1.94 bits per heavy atom. The molecule has 1 aliphatic heterocycles. The van der Waals surface area contributed by atoms with Crippen LogP contribution in [0.15, 0.2) is 12.3 Å². The molecule has 1 fully saturated rings. The van der Waals surface area contributed by atoms with Crippen molar-refractivity contribution >= 4 is 17.5 Å². The summed E-state index contributed by atoms with van der Waals surface area (Å²) in [5.41, 5.74) is 0.483. The van der Waals surface area contributed by atoms with Crippen molar-refractivity contribution in [3.63, 3.8) is 0 Å². The predicted octanol–water partition coefficient (Wildman–Crippen LogP) is 0.900. The minimum absolute atomic E-state index is 0.119. The summed E-state index contributed by atoms with van der Waals surface area (Å²) in [6.45, 7) is 4.23. The zero-order valence-corrected chi connectivity index (χ0v) is 11.1. The van der Waals surface area contributed by atoms with Gasteiger partial charge in [-0.3, -0.25) is 4.79 Å². The highest BCUT2D eigenvalue weighted by Crippen LogP contribution is 2.22. The van der Waals surface area contributed by atoms with E-state index in [2.05, 4.69) is 0 Å². The first-order valence-electron chi connectivity index (χ1n) is 5.93. The van der Waals surface area contributed by atoms with E-state index in [-0.39, 0.29) is 25.0 Å². The second-order valence-electron chi connectivity index (χ2n) is 4.89. The van der Waals surface area contributed by atoms with E-state index in [0.29, 0.717) is 10.7 Å². The van der Waals surface area contributed by atoms with Crippen LogP contribution >= 0.6 is 11.6 Å². The summed E-state index contributed by atoms with van der Waals surface area (Å²) in [6, 6.07) is 1.73. The number of likely N-dealkylation sites (tertiary alicyclic amines) is 1. The molecule has 0 bridgehead atoms. The van der Waals surface area contributed by atoms with Gasteiger partial charge in [-0.2, -0.15) is 0 Å². The molecule has 2 N–H and O–H groups in total. The molecular formula is C12H17ClN2O3. The third-order valence-electron chi connectivity index (χ3n) is 3.14. The summed E-state index contributed by atoms with van der Waals surface area (Å²) < 4.78 is 1.79. The van der Waals surface area contributed by atoms with Crippen molar-refractivity contribution in [3.8, 4) is 0 Å². The molecule has 0 radical (unpaired) electrons. The highest BCUT2D eigenvalue weighted by Gasteiger charge is 2.34. The lowest BCUT2D eigenvalue weighted by molar-refractivity contribution is 0.0572. The van der Waals surface area contributed by atoms with Crippen LogP contribution in [0.2, 0.25) is 5.02 Å². The number of hydrogen-bond donors (Lipinski definition) is 2. The van der Waals surface area contributed by atoms with Crippen LogP contribution in [-0.4, -0.2) is 50.9 Å². The number of halogens is 1. The quantitative estimate of drug-likeness (QED) is 0.841. The fraction of sp³-hybridized carbons (Fsp3) is 0.583. The smallest absolute Gasteiger partial charge is 0.270 e. The number of carbonyl (C=O) groups is 1. The molecule has 0 saturated carbocycles. The fourth-order valence-corrected chi connectivity index (χ4v) is 2.35. The number of aliphatic hydroxyl groups is 2. The molecule has 0 aromatic carbocycles. The Balaban J connectivity index is 2.24. The van der Waals surface area contributed by atoms with Crippen LogP contribution in [0.4, 0.5) is 0 Å². The second kappa shape index (κ2) is 4.91. The van der Waals surface area contributed by atoms with Crippen molar-refractivity contribution < 1.29 is 15.0 Å². The Bertz CT molecular complexity index is 448. The maximum absolute atomic E-state index is 12.3. The first-order valence-corrected chi connectivity index (χ1v) is 6.30. The summed E-state index contributed by atoms with van der Waals surface area (Å²) in [7, 11) is 0. The van der Waals surface area contributed by atoms with Crippen molar-refractivity contribution in [2.45, 2.75) is 32.1 Å². The van der Waals surface area contributed by atoms with E-state index in [4.69, 9.17) is 11.6 Å². The summed E-state index contributed by atoms with van der Waals surface area (Å²) in [5, 5.41) is 19.4. The van der Waals surface area contributed by atoms with Crippen molar-refractivity contribution in [3.05, 3.63) is 23.0 Å². The van der Waals surface area contributed by atoms with Crippen LogP contribution in [0.1, 0.15) is 30.4 Å². The summed E-state index contributed by atoms with van der Waals surface area (Å²) in [6.07, 6.45) is -0.0266. The molecule has 18 heavy (non-hydrogen) atoms. The topological polar surface area (TPSA) is 65.7 Å². The van der Waals surface area contributed by atoms with Crippen molar-refractivity contribution in [1.29, 1.82) is 0 Å². The van der Waals surface area contributed by atoms with Gasteiger partial charge in [-0.1, -0.05) is 11.6 Å². The van der Waals surface area contributed by atoms with Crippen LogP contribution < -0.4 is 0 Å². The summed E-state index contributed by atoms with van der Waals surface area (Å²) >= 11 is 5.93. The fourth-order valence-electron chi connectivity index (χ4n) is 2.14. The van der Waals surface area contributed by atoms with Gasteiger partial charge >= 0.3 is 0 Å². The lowest BCUT2D eigenvalue weighted by atomic mass is 10.3. The zero-order chi connectivity index (χ0) is 13.4. The van der Waals surface area contributed by atoms with E-state index in [1.54, 1.807) is 16.8 Å². The molecule has 2 heterocycles. The number of aliphatic hydroxyl groups excluding tert-OH is 2. The first-order chi connectivity index (χ1) is 8.40. The molecule has 1 saturated heterocycles. The largest absolute Gasteiger partial charge is 0.388 e. The van der Waals surface area contributed by atoms with Crippen LogP contribution in [0.3, 0.4) is 0 Å². The van der Waals surface area contributed by atoms with Crippen LogP contribution in [-0.2, 0) is 0 Å². The van der Waals surface area contributed by atoms with Gasteiger partial charge in [0, 0.05) is 25.3 Å². The molecule has 2 atom stereocenters. The maximum atomic E-state index is 12.3. The van der Waals surface area contributed by atoms with Gasteiger partial charge < -0.3 is 19.7 Å². The SMILES string of the molecule is CC(C)n1cc(Cl)cc1C(=O)N1CC(O)C(O)C1. The lowest BCUT2D eigenvalue weighted by Crippen LogP contribution is -2.31. The molecule has 6 heteroatoms. The maximum Gasteiger partial charge on any atom is 0.270 e. The van der Waals surface area contributed by atoms with Gasteiger partial charge in [0.05, 0.1) is 17.2 Å². The number of aromatic nitrogens is 1. The average Bonchev–Trinajstić information content (AvgIpc) is 2.82. The molecule has 0 aliphatic carbocycles. The van der Waals surface area contributed by atoms with Gasteiger partial charge in [0.2, 0.25) is 0 Å². The molecule has 1 aliphatic rings. The van der Waals surface area contributed by atoms with Crippen molar-refractivity contribution in [2.24, 2.45) is 0 Å². The van der Waals surface area contributed by atoms with E-state index in [1.165, 1.54) is 4.90 Å². The molecule has 1 aromatic rings. The van der Waals surface area contributed by atoms with Gasteiger partial charge in [0.1, 0.15) is 5.69 Å². The van der Waals surface area contributed by atoms with Crippen LogP contribution in [0.5, 0.6) is 0 Å². The lowest BCUT2D eigenvalue weighted by Gasteiger charge is -2.18. The van der Waals surface area contributed by atoms with Gasteiger partial charge in [-0.15, -0.1) is 0 Å². The number of hydrogen-bond acceptors (Lipinski definition) is 3. The van der Waals surface area contributed by atoms with Gasteiger partial charge in [-0.05, 0) is 19.9 Å². The van der Waals surface area contributed by atoms with E-state index in [9.17, 15) is 15.0 Å². The van der Waals surface area contributed by atoms with E-state index in [0.717, 1.165) is 0 Å².